The Hall–Kier alpha value is -1.10. The number of amides is 1. The van der Waals surface area contributed by atoms with E-state index in [0.717, 1.165) is 0 Å². The maximum atomic E-state index is 11.3. The van der Waals surface area contributed by atoms with Gasteiger partial charge in [-0.15, -0.1) is 0 Å². The number of ether oxygens (including phenoxy) is 1. The highest BCUT2D eigenvalue weighted by molar-refractivity contribution is 5.77. The fourth-order valence-corrected chi connectivity index (χ4v) is 1.03. The topological polar surface area (TPSA) is 66.8 Å². The first-order valence-corrected chi connectivity index (χ1v) is 4.61. The number of methoxy groups -OCH3 is 1. The fourth-order valence-electron chi connectivity index (χ4n) is 1.03. The number of rotatable bonds is 6. The number of aliphatic hydroxyl groups excluding tert-OH is 1. The molecule has 0 fully saturated rings. The van der Waals surface area contributed by atoms with Crippen LogP contribution in [-0.2, 0) is 14.3 Å². The molecule has 0 bridgehead atoms. The molecule has 0 saturated heterocycles. The molecule has 0 spiro atoms. The Morgan fingerprint density at radius 2 is 2.00 bits per heavy atom. The van der Waals surface area contributed by atoms with Gasteiger partial charge in [0.1, 0.15) is 0 Å². The standard InChI is InChI=1S/C9H17NO4/c1-3-8(12)10(6-7-11)5-4-9(13)14-2/h11H,3-7H2,1-2H3. The van der Waals surface area contributed by atoms with Gasteiger partial charge in [-0.25, -0.2) is 0 Å². The molecule has 0 unspecified atom stereocenters. The van der Waals surface area contributed by atoms with E-state index in [4.69, 9.17) is 5.11 Å². The summed E-state index contributed by atoms with van der Waals surface area (Å²) in [7, 11) is 1.31. The van der Waals surface area contributed by atoms with Crippen molar-refractivity contribution in [3.05, 3.63) is 0 Å². The maximum absolute atomic E-state index is 11.3. The molecule has 14 heavy (non-hydrogen) atoms. The molecule has 1 N–H and O–H groups in total. The van der Waals surface area contributed by atoms with E-state index in [-0.39, 0.29) is 31.4 Å². The maximum Gasteiger partial charge on any atom is 0.307 e. The van der Waals surface area contributed by atoms with E-state index in [2.05, 4.69) is 4.74 Å². The van der Waals surface area contributed by atoms with Crippen molar-refractivity contribution in [3.8, 4) is 0 Å². The van der Waals surface area contributed by atoms with Crippen molar-refractivity contribution in [2.24, 2.45) is 0 Å². The predicted molar refractivity (Wildman–Crippen MR) is 50.6 cm³/mol. The van der Waals surface area contributed by atoms with Gasteiger partial charge in [-0.3, -0.25) is 9.59 Å². The summed E-state index contributed by atoms with van der Waals surface area (Å²) < 4.78 is 4.45. The first kappa shape index (κ1) is 12.9. The second-order valence-corrected chi connectivity index (χ2v) is 2.78. The van der Waals surface area contributed by atoms with E-state index in [1.54, 1.807) is 6.92 Å². The van der Waals surface area contributed by atoms with Gasteiger partial charge < -0.3 is 14.7 Å². The molecular formula is C9H17NO4. The van der Waals surface area contributed by atoms with Crippen molar-refractivity contribution in [1.29, 1.82) is 0 Å². The van der Waals surface area contributed by atoms with E-state index >= 15 is 0 Å². The monoisotopic (exact) mass is 203 g/mol. The van der Waals surface area contributed by atoms with Crippen LogP contribution in [0.5, 0.6) is 0 Å². The molecule has 5 nitrogen and oxygen atoms in total. The second kappa shape index (κ2) is 7.32. The van der Waals surface area contributed by atoms with Crippen LogP contribution in [0.1, 0.15) is 19.8 Å². The molecule has 82 valence electrons. The lowest BCUT2D eigenvalue weighted by Crippen LogP contribution is -2.34. The first-order chi connectivity index (χ1) is 6.65. The van der Waals surface area contributed by atoms with Crippen molar-refractivity contribution in [3.63, 3.8) is 0 Å². The number of hydrogen-bond donors (Lipinski definition) is 1. The molecule has 0 aromatic rings. The lowest BCUT2D eigenvalue weighted by atomic mass is 10.3. The number of carbonyl (C=O) groups excluding carboxylic acids is 2. The van der Waals surface area contributed by atoms with Crippen LogP contribution in [0.15, 0.2) is 0 Å². The molecule has 0 aliphatic carbocycles. The minimum absolute atomic E-state index is 0.0667. The predicted octanol–water partition coefficient (Wildman–Crippen LogP) is -0.220. The van der Waals surface area contributed by atoms with E-state index in [1.807, 2.05) is 0 Å². The Balaban J connectivity index is 3.96. The number of hydrogen-bond acceptors (Lipinski definition) is 4. The minimum atomic E-state index is -0.350. The highest BCUT2D eigenvalue weighted by atomic mass is 16.5. The Morgan fingerprint density at radius 3 is 2.43 bits per heavy atom. The SMILES string of the molecule is CCC(=O)N(CCO)CCC(=O)OC. The van der Waals surface area contributed by atoms with Gasteiger partial charge >= 0.3 is 5.97 Å². The summed E-state index contributed by atoms with van der Waals surface area (Å²) in [5.74, 6) is -0.417. The molecule has 0 aromatic heterocycles. The Labute approximate surface area is 83.6 Å². The lowest BCUT2D eigenvalue weighted by molar-refractivity contribution is -0.141. The average molecular weight is 203 g/mol. The van der Waals surface area contributed by atoms with Gasteiger partial charge in [0.2, 0.25) is 5.91 Å². The summed E-state index contributed by atoms with van der Waals surface area (Å²) >= 11 is 0. The molecule has 0 aromatic carbocycles. The highest BCUT2D eigenvalue weighted by Gasteiger charge is 2.12. The first-order valence-electron chi connectivity index (χ1n) is 4.61. The van der Waals surface area contributed by atoms with Crippen molar-refractivity contribution in [1.82, 2.24) is 4.90 Å². The summed E-state index contributed by atoms with van der Waals surface area (Å²) in [6, 6.07) is 0. The Kier molecular flexibility index (Phi) is 6.74. The van der Waals surface area contributed by atoms with Gasteiger partial charge in [0.15, 0.2) is 0 Å². The second-order valence-electron chi connectivity index (χ2n) is 2.78. The van der Waals surface area contributed by atoms with E-state index in [0.29, 0.717) is 13.0 Å². The van der Waals surface area contributed by atoms with Crippen molar-refractivity contribution < 1.29 is 19.4 Å². The van der Waals surface area contributed by atoms with Crippen molar-refractivity contribution in [2.45, 2.75) is 19.8 Å². The Bertz CT molecular complexity index is 193. The van der Waals surface area contributed by atoms with Gasteiger partial charge in [-0.1, -0.05) is 6.92 Å². The normalized spacial score (nSPS) is 9.64. The van der Waals surface area contributed by atoms with E-state index in [9.17, 15) is 9.59 Å². The van der Waals surface area contributed by atoms with E-state index < -0.39 is 0 Å². The zero-order valence-corrected chi connectivity index (χ0v) is 8.65. The molecule has 1 amide bonds. The van der Waals surface area contributed by atoms with Crippen LogP contribution >= 0.6 is 0 Å². The van der Waals surface area contributed by atoms with Crippen LogP contribution < -0.4 is 0 Å². The summed E-state index contributed by atoms with van der Waals surface area (Å²) in [6.07, 6.45) is 0.545. The zero-order valence-electron chi connectivity index (χ0n) is 8.65. The molecule has 0 atom stereocenters. The third-order valence-corrected chi connectivity index (χ3v) is 1.84. The van der Waals surface area contributed by atoms with Crippen LogP contribution in [0.25, 0.3) is 0 Å². The van der Waals surface area contributed by atoms with Gasteiger partial charge in [0, 0.05) is 19.5 Å². The van der Waals surface area contributed by atoms with E-state index in [1.165, 1.54) is 12.0 Å². The number of esters is 1. The molecule has 0 aliphatic heterocycles. The van der Waals surface area contributed by atoms with Gasteiger partial charge in [0.05, 0.1) is 20.1 Å². The smallest absolute Gasteiger partial charge is 0.307 e. The zero-order chi connectivity index (χ0) is 11.0. The summed E-state index contributed by atoms with van der Waals surface area (Å²) in [5.41, 5.74) is 0. The van der Waals surface area contributed by atoms with Crippen LogP contribution in [0, 0.1) is 0 Å². The summed E-state index contributed by atoms with van der Waals surface area (Å²) in [4.78, 5) is 23.5. The molecule has 0 aliphatic rings. The molecular weight excluding hydrogens is 186 g/mol. The summed E-state index contributed by atoms with van der Waals surface area (Å²) in [6.45, 7) is 2.22. The minimum Gasteiger partial charge on any atom is -0.469 e. The quantitative estimate of drug-likeness (QED) is 0.606. The van der Waals surface area contributed by atoms with Crippen LogP contribution in [0.4, 0.5) is 0 Å². The number of carbonyl (C=O) groups is 2. The fraction of sp³-hybridized carbons (Fsp3) is 0.778. The average Bonchev–Trinajstić information content (AvgIpc) is 2.22. The molecule has 0 heterocycles. The lowest BCUT2D eigenvalue weighted by Gasteiger charge is -2.20. The highest BCUT2D eigenvalue weighted by Crippen LogP contribution is 1.96. The molecule has 0 radical (unpaired) electrons. The molecule has 0 rings (SSSR count). The van der Waals surface area contributed by atoms with Crippen LogP contribution in [-0.4, -0.2) is 48.7 Å². The number of nitrogens with zero attached hydrogens (tertiary/aromatic N) is 1. The van der Waals surface area contributed by atoms with Crippen LogP contribution in [0.3, 0.4) is 0 Å². The van der Waals surface area contributed by atoms with Crippen molar-refractivity contribution >= 4 is 11.9 Å². The van der Waals surface area contributed by atoms with Gasteiger partial charge in [-0.2, -0.15) is 0 Å². The molecule has 5 heteroatoms. The Morgan fingerprint density at radius 1 is 1.36 bits per heavy atom. The third-order valence-electron chi connectivity index (χ3n) is 1.84. The summed E-state index contributed by atoms with van der Waals surface area (Å²) in [5, 5.41) is 8.69. The van der Waals surface area contributed by atoms with Gasteiger partial charge in [0.25, 0.3) is 0 Å². The number of aliphatic hydroxyl groups is 1. The van der Waals surface area contributed by atoms with Gasteiger partial charge in [-0.05, 0) is 0 Å². The van der Waals surface area contributed by atoms with Crippen LogP contribution in [0.2, 0.25) is 0 Å². The largest absolute Gasteiger partial charge is 0.469 e. The van der Waals surface area contributed by atoms with Crippen molar-refractivity contribution in [2.75, 3.05) is 26.8 Å². The third kappa shape index (κ3) is 4.81. The molecule has 0 saturated carbocycles.